The van der Waals surface area contributed by atoms with E-state index >= 15 is 0 Å². The molecule has 1 unspecified atom stereocenters. The molecule has 0 aliphatic heterocycles. The molecule has 0 radical (unpaired) electrons. The number of alkyl carbamates (subject to hydrolysis) is 1. The Bertz CT molecular complexity index is 546. The molecule has 0 aromatic rings. The van der Waals surface area contributed by atoms with Gasteiger partial charge in [0.1, 0.15) is 13.2 Å². The lowest BCUT2D eigenvalue weighted by molar-refractivity contribution is 0.0333. The van der Waals surface area contributed by atoms with Gasteiger partial charge in [-0.2, -0.15) is 0 Å². The number of carbonyl (C=O) groups excluding carboxylic acids is 2. The van der Waals surface area contributed by atoms with Crippen LogP contribution in [0, 0.1) is 5.41 Å². The summed E-state index contributed by atoms with van der Waals surface area (Å²) in [6.07, 6.45) is -2.66. The van der Waals surface area contributed by atoms with Gasteiger partial charge in [0.05, 0.1) is 1.37 Å². The summed E-state index contributed by atoms with van der Waals surface area (Å²) in [5.74, 6) is 0. The number of rotatable bonds is 7. The van der Waals surface area contributed by atoms with Gasteiger partial charge in [0.2, 0.25) is 0 Å². The fraction of sp³-hybridized carbons (Fsp3) is 0.833. The van der Waals surface area contributed by atoms with Crippen LogP contribution in [-0.4, -0.2) is 31.4 Å². The van der Waals surface area contributed by atoms with Crippen molar-refractivity contribution in [2.45, 2.75) is 46.3 Å². The van der Waals surface area contributed by atoms with Crippen molar-refractivity contribution in [2.75, 3.05) is 13.2 Å². The minimum Gasteiger partial charge on any atom is -0.449 e. The zero-order chi connectivity index (χ0) is 22.6. The van der Waals surface area contributed by atoms with Crippen LogP contribution in [0.15, 0.2) is 0 Å². The molecular weight excluding hydrogens is 236 g/mol. The Kier molecular flexibility index (Phi) is 2.65. The molecule has 6 nitrogen and oxygen atoms in total. The maximum Gasteiger partial charge on any atom is 0.407 e. The molecule has 6 heteroatoms. The average Bonchev–Trinajstić information content (AvgIpc) is 2.46. The first kappa shape index (κ1) is 6.12. The molecule has 0 heterocycles. The number of hydrogen-bond donors (Lipinski definition) is 2. The second-order valence-electron chi connectivity index (χ2n) is 3.71. The Hall–Kier alpha value is -1.46. The second kappa shape index (κ2) is 7.79. The quantitative estimate of drug-likeness (QED) is 0.740. The largest absolute Gasteiger partial charge is 0.449 e. The Morgan fingerprint density at radius 1 is 1.44 bits per heavy atom. The molecule has 2 amide bonds. The molecule has 0 spiro atoms. The summed E-state index contributed by atoms with van der Waals surface area (Å²) in [5, 5.41) is 1.47. The predicted molar refractivity (Wildman–Crippen MR) is 68.2 cm³/mol. The molecule has 0 aromatic heterocycles. The van der Waals surface area contributed by atoms with Crippen molar-refractivity contribution >= 4 is 12.2 Å². The molecule has 3 N–H and O–H groups in total. The van der Waals surface area contributed by atoms with Gasteiger partial charge in [-0.3, -0.25) is 0 Å². The third-order valence-corrected chi connectivity index (χ3v) is 1.93. The van der Waals surface area contributed by atoms with Crippen molar-refractivity contribution in [1.82, 2.24) is 5.32 Å². The fourth-order valence-corrected chi connectivity index (χ4v) is 1.22. The SMILES string of the molecule is [2H]C([2H])([2H])C(CCC)(COC(N)=O)COC(=O)NC([2H])(C([2H])([2H])[2H])C([2H])([2H])[2H]. The highest BCUT2D eigenvalue weighted by Crippen LogP contribution is 2.24. The van der Waals surface area contributed by atoms with E-state index in [0.717, 1.165) is 0 Å². The first-order valence-corrected chi connectivity index (χ1v) is 5.20. The van der Waals surface area contributed by atoms with Crippen LogP contribution in [0.25, 0.3) is 0 Å². The Balaban J connectivity index is 5.55. The Morgan fingerprint density at radius 3 is 2.61 bits per heavy atom. The van der Waals surface area contributed by atoms with E-state index in [1.54, 1.807) is 6.92 Å². The van der Waals surface area contributed by atoms with E-state index in [1.165, 1.54) is 5.32 Å². The maximum absolute atomic E-state index is 12.0. The summed E-state index contributed by atoms with van der Waals surface area (Å²) in [4.78, 5) is 22.9. The van der Waals surface area contributed by atoms with Crippen LogP contribution in [0.2, 0.25) is 0 Å². The molecule has 0 saturated heterocycles. The smallest absolute Gasteiger partial charge is 0.407 e. The van der Waals surface area contributed by atoms with Crippen molar-refractivity contribution < 1.29 is 32.8 Å². The van der Waals surface area contributed by atoms with Crippen LogP contribution in [0.5, 0.6) is 0 Å². The van der Waals surface area contributed by atoms with Gasteiger partial charge in [-0.1, -0.05) is 20.2 Å². The van der Waals surface area contributed by atoms with Gasteiger partial charge < -0.3 is 20.5 Å². The zero-order valence-electron chi connectivity index (χ0n) is 20.0. The standard InChI is InChI=1S/C12H24N2O4/c1-5-6-12(4,7-17-10(13)15)8-18-11(16)14-9(2)3/h9H,5-8H2,1-4H3,(H2,13,15)(H,14,16)/i2D3,3D3,4D3,9D. The number of primary amides is 1. The number of ether oxygens (including phenoxy) is 2. The van der Waals surface area contributed by atoms with Gasteiger partial charge in [-0.15, -0.1) is 0 Å². The van der Waals surface area contributed by atoms with Crippen LogP contribution in [0.1, 0.15) is 54.0 Å². The topological polar surface area (TPSA) is 90.7 Å². The maximum atomic E-state index is 12.0. The number of nitrogens with two attached hydrogens (primary N) is 1. The zero-order valence-corrected chi connectivity index (χ0v) is 10.0. The molecule has 0 rings (SSSR count). The number of nitrogens with one attached hydrogen (secondary N) is 1. The normalized spacial score (nSPS) is 24.7. The van der Waals surface area contributed by atoms with Crippen molar-refractivity contribution in [2.24, 2.45) is 11.1 Å². The number of amides is 2. The van der Waals surface area contributed by atoms with E-state index in [1.807, 2.05) is 0 Å². The second-order valence-corrected chi connectivity index (χ2v) is 3.71. The van der Waals surface area contributed by atoms with E-state index < -0.39 is 57.4 Å². The molecule has 0 aliphatic carbocycles. The predicted octanol–water partition coefficient (Wildman–Crippen LogP) is 2.02. The van der Waals surface area contributed by atoms with Crippen LogP contribution < -0.4 is 11.1 Å². The minimum absolute atomic E-state index is 0.0887. The monoisotopic (exact) mass is 270 g/mol. The van der Waals surface area contributed by atoms with Gasteiger partial charge >= 0.3 is 12.2 Å². The van der Waals surface area contributed by atoms with Gasteiger partial charge in [0.15, 0.2) is 0 Å². The summed E-state index contributed by atoms with van der Waals surface area (Å²) in [6.45, 7) is -9.60. The Morgan fingerprint density at radius 2 is 2.11 bits per heavy atom. The first-order chi connectivity index (χ1) is 12.3. The van der Waals surface area contributed by atoms with Gasteiger partial charge in [-0.05, 0) is 20.1 Å². The lowest BCUT2D eigenvalue weighted by Crippen LogP contribution is -2.37. The van der Waals surface area contributed by atoms with E-state index in [2.05, 4.69) is 4.74 Å². The van der Waals surface area contributed by atoms with Crippen molar-refractivity contribution in [1.29, 1.82) is 0 Å². The number of hydrogen-bond acceptors (Lipinski definition) is 4. The van der Waals surface area contributed by atoms with Crippen LogP contribution in [-0.2, 0) is 9.47 Å². The Labute approximate surface area is 122 Å². The van der Waals surface area contributed by atoms with E-state index in [0.29, 0.717) is 6.42 Å². The third kappa shape index (κ3) is 7.76. The first-order valence-electron chi connectivity index (χ1n) is 10.2. The summed E-state index contributed by atoms with van der Waals surface area (Å²) in [7, 11) is 0. The summed E-state index contributed by atoms with van der Waals surface area (Å²) >= 11 is 0. The van der Waals surface area contributed by atoms with E-state index in [-0.39, 0.29) is 6.42 Å². The highest BCUT2D eigenvalue weighted by Gasteiger charge is 2.27. The molecule has 18 heavy (non-hydrogen) atoms. The molecule has 0 saturated carbocycles. The van der Waals surface area contributed by atoms with Crippen LogP contribution >= 0.6 is 0 Å². The summed E-state index contributed by atoms with van der Waals surface area (Å²) in [6, 6.07) is -3.38. The molecule has 0 aromatic carbocycles. The third-order valence-electron chi connectivity index (χ3n) is 1.93. The van der Waals surface area contributed by atoms with Crippen molar-refractivity contribution in [3.8, 4) is 0 Å². The van der Waals surface area contributed by atoms with Crippen molar-refractivity contribution in [3.63, 3.8) is 0 Å². The summed E-state index contributed by atoms with van der Waals surface area (Å²) in [5.41, 5.74) is 3.00. The lowest BCUT2D eigenvalue weighted by atomic mass is 9.87. The van der Waals surface area contributed by atoms with Crippen LogP contribution in [0.4, 0.5) is 9.59 Å². The van der Waals surface area contributed by atoms with Gasteiger partial charge in [0.25, 0.3) is 0 Å². The summed E-state index contributed by atoms with van der Waals surface area (Å²) < 4.78 is 83.4. The van der Waals surface area contributed by atoms with Crippen LogP contribution in [0.3, 0.4) is 0 Å². The average molecular weight is 270 g/mol. The highest BCUT2D eigenvalue weighted by atomic mass is 16.6. The minimum atomic E-state index is -3.43. The molecular formula is C12H24N2O4. The lowest BCUT2D eigenvalue weighted by Gasteiger charge is -2.27. The van der Waals surface area contributed by atoms with Gasteiger partial charge in [-0.25, -0.2) is 9.59 Å². The molecule has 0 aliphatic rings. The molecule has 0 bridgehead atoms. The molecule has 106 valence electrons. The number of carbonyl (C=O) groups is 2. The van der Waals surface area contributed by atoms with E-state index in [4.69, 9.17) is 24.2 Å². The fourth-order valence-electron chi connectivity index (χ4n) is 1.22. The van der Waals surface area contributed by atoms with Gasteiger partial charge in [0, 0.05) is 23.8 Å². The molecule has 0 fully saturated rings. The molecule has 1 atom stereocenters. The highest BCUT2D eigenvalue weighted by molar-refractivity contribution is 5.67. The van der Waals surface area contributed by atoms with E-state index in [9.17, 15) is 9.59 Å². The van der Waals surface area contributed by atoms with Crippen molar-refractivity contribution in [3.05, 3.63) is 0 Å².